The van der Waals surface area contributed by atoms with E-state index in [0.717, 1.165) is 30.3 Å². The third kappa shape index (κ3) is 2.37. The van der Waals surface area contributed by atoms with Crippen molar-refractivity contribution < 1.29 is 9.53 Å². The molecule has 1 N–H and O–H groups in total. The number of nitrogens with zero attached hydrogens (tertiary/aromatic N) is 2. The fourth-order valence-corrected chi connectivity index (χ4v) is 4.57. The molecule has 1 aromatic heterocycles. The smallest absolute Gasteiger partial charge is 0.322 e. The third-order valence-corrected chi connectivity index (χ3v) is 5.56. The molecule has 1 aliphatic heterocycles. The van der Waals surface area contributed by atoms with Gasteiger partial charge in [0.1, 0.15) is 0 Å². The number of nitrogens with one attached hydrogen (secondary N) is 1. The summed E-state index contributed by atoms with van der Waals surface area (Å²) in [6.07, 6.45) is 6.76. The molecule has 4 rings (SSSR count). The first-order valence-electron chi connectivity index (χ1n) is 8.27. The summed E-state index contributed by atoms with van der Waals surface area (Å²) in [7, 11) is 0. The zero-order valence-electron chi connectivity index (χ0n) is 13.0. The number of anilines is 1. The molecular weight excluding hydrogens is 278 g/mol. The van der Waals surface area contributed by atoms with Gasteiger partial charge in [0.15, 0.2) is 0 Å². The predicted molar refractivity (Wildman–Crippen MR) is 83.7 cm³/mol. The van der Waals surface area contributed by atoms with Crippen molar-refractivity contribution in [1.82, 2.24) is 9.88 Å². The number of aryl methyl sites for hydroxylation is 1. The molecule has 2 amide bonds. The van der Waals surface area contributed by atoms with Crippen LogP contribution in [0.2, 0.25) is 0 Å². The van der Waals surface area contributed by atoms with Gasteiger partial charge in [0.2, 0.25) is 0 Å². The van der Waals surface area contributed by atoms with Gasteiger partial charge in [-0.25, -0.2) is 4.79 Å². The number of amides is 2. The molecule has 1 spiro atoms. The van der Waals surface area contributed by atoms with Gasteiger partial charge in [-0.3, -0.25) is 4.98 Å². The van der Waals surface area contributed by atoms with Crippen LogP contribution in [0.3, 0.4) is 0 Å². The maximum atomic E-state index is 12.6. The summed E-state index contributed by atoms with van der Waals surface area (Å²) in [5.74, 6) is 1.46. The zero-order valence-corrected chi connectivity index (χ0v) is 13.0. The summed E-state index contributed by atoms with van der Waals surface area (Å²) in [6, 6.07) is 3.71. The molecule has 5 heteroatoms. The molecule has 3 atom stereocenters. The van der Waals surface area contributed by atoms with Crippen LogP contribution in [0.25, 0.3) is 0 Å². The molecule has 0 radical (unpaired) electrons. The lowest BCUT2D eigenvalue weighted by molar-refractivity contribution is -0.126. The van der Waals surface area contributed by atoms with Crippen molar-refractivity contribution in [1.29, 1.82) is 0 Å². The first kappa shape index (κ1) is 14.0. The second kappa shape index (κ2) is 5.23. The standard InChI is InChI=1S/C17H23N3O2/c1-12-8-15(4-5-18-12)19-16(21)20-6-7-22-17(11-20)10-13-2-3-14(17)9-13/h4-5,8,13-14H,2-3,6-7,9-11H2,1H3,(H,18,19,21). The molecular formula is C17H23N3O2. The lowest BCUT2D eigenvalue weighted by Gasteiger charge is -2.45. The van der Waals surface area contributed by atoms with Gasteiger partial charge in [0.25, 0.3) is 0 Å². The average molecular weight is 301 g/mol. The van der Waals surface area contributed by atoms with Crippen molar-refractivity contribution in [3.05, 3.63) is 24.0 Å². The van der Waals surface area contributed by atoms with Crippen LogP contribution in [0.4, 0.5) is 10.5 Å². The van der Waals surface area contributed by atoms with E-state index in [1.165, 1.54) is 19.3 Å². The van der Waals surface area contributed by atoms with Crippen molar-refractivity contribution in [2.24, 2.45) is 11.8 Å². The number of hydrogen-bond donors (Lipinski definition) is 1. The summed E-state index contributed by atoms with van der Waals surface area (Å²) in [4.78, 5) is 18.7. The molecule has 3 aliphatic rings. The fourth-order valence-electron chi connectivity index (χ4n) is 4.57. The average Bonchev–Trinajstić information content (AvgIpc) is 3.08. The van der Waals surface area contributed by atoms with Crippen LogP contribution in [0, 0.1) is 18.8 Å². The van der Waals surface area contributed by atoms with Crippen molar-refractivity contribution in [3.63, 3.8) is 0 Å². The molecule has 3 fully saturated rings. The van der Waals surface area contributed by atoms with Gasteiger partial charge in [-0.15, -0.1) is 0 Å². The second-order valence-corrected chi connectivity index (χ2v) is 7.03. The van der Waals surface area contributed by atoms with E-state index < -0.39 is 0 Å². The lowest BCUT2D eigenvalue weighted by Crippen LogP contribution is -2.57. The van der Waals surface area contributed by atoms with Gasteiger partial charge in [-0.1, -0.05) is 0 Å². The fraction of sp³-hybridized carbons (Fsp3) is 0.647. The van der Waals surface area contributed by atoms with E-state index in [2.05, 4.69) is 10.3 Å². The molecule has 118 valence electrons. The van der Waals surface area contributed by atoms with Gasteiger partial charge in [0, 0.05) is 24.1 Å². The Bertz CT molecular complexity index is 591. The van der Waals surface area contributed by atoms with Crippen LogP contribution in [-0.2, 0) is 4.74 Å². The number of rotatable bonds is 1. The molecule has 2 heterocycles. The minimum atomic E-state index is -0.0628. The number of carbonyl (C=O) groups is 1. The summed E-state index contributed by atoms with van der Waals surface area (Å²) in [5, 5.41) is 2.99. The Kier molecular flexibility index (Phi) is 3.33. The van der Waals surface area contributed by atoms with Crippen LogP contribution in [0.15, 0.2) is 18.3 Å². The zero-order chi connectivity index (χ0) is 15.2. The topological polar surface area (TPSA) is 54.5 Å². The number of aromatic nitrogens is 1. The highest BCUT2D eigenvalue weighted by Crippen LogP contribution is 2.53. The Hall–Kier alpha value is -1.62. The highest BCUT2D eigenvalue weighted by molar-refractivity contribution is 5.89. The van der Waals surface area contributed by atoms with E-state index in [-0.39, 0.29) is 11.6 Å². The summed E-state index contributed by atoms with van der Waals surface area (Å²) >= 11 is 0. The first-order chi connectivity index (χ1) is 10.6. The number of fused-ring (bicyclic) bond motifs is 3. The number of carbonyl (C=O) groups excluding carboxylic acids is 1. The highest BCUT2D eigenvalue weighted by Gasteiger charge is 2.54. The van der Waals surface area contributed by atoms with Gasteiger partial charge in [0.05, 0.1) is 18.8 Å². The van der Waals surface area contributed by atoms with E-state index in [9.17, 15) is 4.79 Å². The SMILES string of the molecule is Cc1cc(NC(=O)N2CCOC3(CC4CCC3C4)C2)ccn1. The number of pyridine rings is 1. The summed E-state index contributed by atoms with van der Waals surface area (Å²) < 4.78 is 6.18. The maximum absolute atomic E-state index is 12.6. The van der Waals surface area contributed by atoms with E-state index >= 15 is 0 Å². The van der Waals surface area contributed by atoms with Gasteiger partial charge in [-0.2, -0.15) is 0 Å². The molecule has 2 saturated carbocycles. The largest absolute Gasteiger partial charge is 0.371 e. The quantitative estimate of drug-likeness (QED) is 0.868. The lowest BCUT2D eigenvalue weighted by atomic mass is 9.83. The van der Waals surface area contributed by atoms with Crippen molar-refractivity contribution in [3.8, 4) is 0 Å². The minimum Gasteiger partial charge on any atom is -0.371 e. The molecule has 1 aromatic rings. The molecule has 3 unspecified atom stereocenters. The number of morpholine rings is 1. The van der Waals surface area contributed by atoms with Gasteiger partial charge < -0.3 is 15.0 Å². The minimum absolute atomic E-state index is 0.0175. The molecule has 2 aliphatic carbocycles. The van der Waals surface area contributed by atoms with Crippen molar-refractivity contribution in [2.45, 2.75) is 38.2 Å². The number of ether oxygens (including phenoxy) is 1. The van der Waals surface area contributed by atoms with Gasteiger partial charge >= 0.3 is 6.03 Å². The molecule has 0 aromatic carbocycles. The van der Waals surface area contributed by atoms with E-state index in [4.69, 9.17) is 4.74 Å². The second-order valence-electron chi connectivity index (χ2n) is 7.03. The van der Waals surface area contributed by atoms with E-state index in [1.54, 1.807) is 6.20 Å². The van der Waals surface area contributed by atoms with E-state index in [0.29, 0.717) is 19.1 Å². The summed E-state index contributed by atoms with van der Waals surface area (Å²) in [6.45, 7) is 4.00. The monoisotopic (exact) mass is 301 g/mol. The Morgan fingerprint density at radius 1 is 1.50 bits per heavy atom. The Morgan fingerprint density at radius 3 is 3.14 bits per heavy atom. The predicted octanol–water partition coefficient (Wildman–Crippen LogP) is 2.81. The van der Waals surface area contributed by atoms with Gasteiger partial charge in [-0.05, 0) is 56.6 Å². The number of hydrogen-bond acceptors (Lipinski definition) is 3. The van der Waals surface area contributed by atoms with Crippen LogP contribution < -0.4 is 5.32 Å². The molecule has 22 heavy (non-hydrogen) atoms. The molecule has 1 saturated heterocycles. The van der Waals surface area contributed by atoms with Crippen molar-refractivity contribution >= 4 is 11.7 Å². The van der Waals surface area contributed by atoms with Crippen LogP contribution in [0.5, 0.6) is 0 Å². The maximum Gasteiger partial charge on any atom is 0.322 e. The normalized spacial score (nSPS) is 33.4. The van der Waals surface area contributed by atoms with Crippen LogP contribution in [-0.4, -0.2) is 41.2 Å². The third-order valence-electron chi connectivity index (χ3n) is 5.56. The first-order valence-corrected chi connectivity index (χ1v) is 8.27. The van der Waals surface area contributed by atoms with Crippen LogP contribution >= 0.6 is 0 Å². The van der Waals surface area contributed by atoms with Crippen molar-refractivity contribution in [2.75, 3.05) is 25.0 Å². The molecule has 5 nitrogen and oxygen atoms in total. The Labute approximate surface area is 131 Å². The van der Waals surface area contributed by atoms with E-state index in [1.807, 2.05) is 24.0 Å². The highest BCUT2D eigenvalue weighted by atomic mass is 16.5. The Morgan fingerprint density at radius 2 is 2.41 bits per heavy atom. The number of urea groups is 1. The molecule has 2 bridgehead atoms. The Balaban J connectivity index is 1.45. The summed E-state index contributed by atoms with van der Waals surface area (Å²) in [5.41, 5.74) is 1.66. The van der Waals surface area contributed by atoms with Crippen LogP contribution in [0.1, 0.15) is 31.4 Å².